The molecule has 2 aromatic rings. The number of hydrogen-bond acceptors (Lipinski definition) is 4. The fraction of sp³-hybridized carbons (Fsp3) is 0.200. The smallest absolute Gasteiger partial charge is 0.278 e. The third-order valence-electron chi connectivity index (χ3n) is 2.07. The van der Waals surface area contributed by atoms with Crippen molar-refractivity contribution >= 4 is 67.4 Å². The van der Waals surface area contributed by atoms with Crippen LogP contribution in [0.3, 0.4) is 0 Å². The average Bonchev–Trinajstić information content (AvgIpc) is 2.68. The molecule has 0 fully saturated rings. The lowest BCUT2D eigenvalue weighted by Crippen LogP contribution is -2.26. The number of nitrogens with one attached hydrogen (secondary N) is 1. The number of thiazole rings is 1. The molecular formula is C10H7Cl3N2O2S. The van der Waals surface area contributed by atoms with E-state index in [4.69, 9.17) is 39.5 Å². The Morgan fingerprint density at radius 2 is 2.17 bits per heavy atom. The third kappa shape index (κ3) is 2.98. The molecule has 1 N–H and O–H groups in total. The molecule has 8 heteroatoms. The van der Waals surface area contributed by atoms with E-state index in [-0.39, 0.29) is 0 Å². The number of nitrogens with zero attached hydrogens (tertiary/aromatic N) is 1. The molecule has 0 aliphatic heterocycles. The SMILES string of the molecule is COc1ccc2nc(NC(=O)C(Cl)(Cl)Cl)sc2c1. The Kier molecular flexibility index (Phi) is 3.87. The lowest BCUT2D eigenvalue weighted by molar-refractivity contribution is -0.115. The van der Waals surface area contributed by atoms with Gasteiger partial charge < -0.3 is 4.74 Å². The van der Waals surface area contributed by atoms with Crippen LogP contribution in [-0.2, 0) is 4.79 Å². The Morgan fingerprint density at radius 1 is 1.44 bits per heavy atom. The van der Waals surface area contributed by atoms with Gasteiger partial charge in [-0.2, -0.15) is 0 Å². The normalized spacial score (nSPS) is 11.6. The number of anilines is 1. The van der Waals surface area contributed by atoms with Gasteiger partial charge in [0.25, 0.3) is 9.70 Å². The predicted octanol–water partition coefficient (Wildman–Crippen LogP) is 3.61. The second-order valence-electron chi connectivity index (χ2n) is 3.30. The van der Waals surface area contributed by atoms with Gasteiger partial charge >= 0.3 is 0 Å². The summed E-state index contributed by atoms with van der Waals surface area (Å²) < 4.78 is 3.96. The van der Waals surface area contributed by atoms with Gasteiger partial charge in [-0.3, -0.25) is 10.1 Å². The van der Waals surface area contributed by atoms with Crippen molar-refractivity contribution in [3.8, 4) is 5.75 Å². The highest BCUT2D eigenvalue weighted by Crippen LogP contribution is 2.32. The highest BCUT2D eigenvalue weighted by atomic mass is 35.6. The van der Waals surface area contributed by atoms with Crippen molar-refractivity contribution in [2.45, 2.75) is 3.79 Å². The van der Waals surface area contributed by atoms with E-state index in [9.17, 15) is 4.79 Å². The van der Waals surface area contributed by atoms with Gasteiger partial charge in [-0.25, -0.2) is 4.98 Å². The van der Waals surface area contributed by atoms with Gasteiger partial charge in [-0.15, -0.1) is 0 Å². The molecule has 0 spiro atoms. The number of methoxy groups -OCH3 is 1. The second kappa shape index (κ2) is 5.09. The van der Waals surface area contributed by atoms with Crippen molar-refractivity contribution in [3.05, 3.63) is 18.2 Å². The number of hydrogen-bond donors (Lipinski definition) is 1. The summed E-state index contributed by atoms with van der Waals surface area (Å²) in [7, 11) is 1.58. The molecule has 0 atom stereocenters. The van der Waals surface area contributed by atoms with E-state index in [0.717, 1.165) is 10.2 Å². The molecule has 0 aliphatic rings. The van der Waals surface area contributed by atoms with E-state index in [1.54, 1.807) is 19.2 Å². The van der Waals surface area contributed by atoms with Crippen LogP contribution in [0, 0.1) is 0 Å². The molecule has 0 bridgehead atoms. The summed E-state index contributed by atoms with van der Waals surface area (Å²) in [5.41, 5.74) is 0.736. The van der Waals surface area contributed by atoms with E-state index in [2.05, 4.69) is 10.3 Å². The van der Waals surface area contributed by atoms with Crippen LogP contribution in [0.4, 0.5) is 5.13 Å². The van der Waals surface area contributed by atoms with E-state index >= 15 is 0 Å². The van der Waals surface area contributed by atoms with E-state index in [0.29, 0.717) is 10.9 Å². The molecule has 0 unspecified atom stereocenters. The molecule has 0 radical (unpaired) electrons. The summed E-state index contributed by atoms with van der Waals surface area (Å²) in [6, 6.07) is 5.39. The Bertz CT molecular complexity index is 594. The van der Waals surface area contributed by atoms with Gasteiger partial charge in [0.1, 0.15) is 5.75 Å². The van der Waals surface area contributed by atoms with Gasteiger partial charge in [0.2, 0.25) is 0 Å². The number of fused-ring (bicyclic) bond motifs is 1. The van der Waals surface area contributed by atoms with Crippen molar-refractivity contribution in [1.29, 1.82) is 0 Å². The molecule has 1 aromatic carbocycles. The molecule has 0 saturated heterocycles. The van der Waals surface area contributed by atoms with Crippen LogP contribution in [0.15, 0.2) is 18.2 Å². The number of benzene rings is 1. The minimum atomic E-state index is -2.00. The molecule has 2 rings (SSSR count). The predicted molar refractivity (Wildman–Crippen MR) is 75.1 cm³/mol. The standard InChI is InChI=1S/C10H7Cl3N2O2S/c1-17-5-2-3-6-7(4-5)18-9(14-6)15-8(16)10(11,12)13/h2-4H,1H3,(H,14,15,16). The van der Waals surface area contributed by atoms with Crippen LogP contribution in [0.5, 0.6) is 5.75 Å². The maximum absolute atomic E-state index is 11.5. The Morgan fingerprint density at radius 3 is 2.78 bits per heavy atom. The topological polar surface area (TPSA) is 51.2 Å². The number of carbonyl (C=O) groups is 1. The average molecular weight is 326 g/mol. The molecule has 1 amide bonds. The first-order valence-corrected chi connectivity index (χ1v) is 6.68. The monoisotopic (exact) mass is 324 g/mol. The summed E-state index contributed by atoms with van der Waals surface area (Å²) in [5, 5.41) is 2.81. The van der Waals surface area contributed by atoms with Crippen molar-refractivity contribution < 1.29 is 9.53 Å². The van der Waals surface area contributed by atoms with Crippen LogP contribution in [-0.4, -0.2) is 21.8 Å². The first-order chi connectivity index (χ1) is 8.40. The van der Waals surface area contributed by atoms with Crippen LogP contribution in [0.25, 0.3) is 10.2 Å². The van der Waals surface area contributed by atoms with Crippen LogP contribution in [0.1, 0.15) is 0 Å². The number of rotatable bonds is 2. The third-order valence-corrected chi connectivity index (χ3v) is 3.52. The lowest BCUT2D eigenvalue weighted by Gasteiger charge is -2.08. The largest absolute Gasteiger partial charge is 0.497 e. The fourth-order valence-corrected chi connectivity index (χ4v) is 2.28. The van der Waals surface area contributed by atoms with Crippen molar-refractivity contribution in [2.24, 2.45) is 0 Å². The molecule has 4 nitrogen and oxygen atoms in total. The highest BCUT2D eigenvalue weighted by Gasteiger charge is 2.31. The van der Waals surface area contributed by atoms with Gasteiger partial charge in [0.05, 0.1) is 17.3 Å². The zero-order chi connectivity index (χ0) is 13.3. The van der Waals surface area contributed by atoms with E-state index < -0.39 is 9.70 Å². The molecule has 1 heterocycles. The molecular weight excluding hydrogens is 319 g/mol. The van der Waals surface area contributed by atoms with E-state index in [1.165, 1.54) is 11.3 Å². The van der Waals surface area contributed by atoms with Crippen LogP contribution >= 0.6 is 46.1 Å². The number of halogens is 3. The van der Waals surface area contributed by atoms with Crippen molar-refractivity contribution in [2.75, 3.05) is 12.4 Å². The fourth-order valence-electron chi connectivity index (χ4n) is 1.25. The van der Waals surface area contributed by atoms with Gasteiger partial charge in [-0.1, -0.05) is 46.1 Å². The number of carbonyl (C=O) groups excluding carboxylic acids is 1. The zero-order valence-electron chi connectivity index (χ0n) is 9.04. The first kappa shape index (κ1) is 13.7. The summed E-state index contributed by atoms with van der Waals surface area (Å²) in [6.45, 7) is 0. The van der Waals surface area contributed by atoms with Crippen molar-refractivity contribution in [3.63, 3.8) is 0 Å². The minimum absolute atomic E-state index is 0.370. The van der Waals surface area contributed by atoms with Crippen LogP contribution < -0.4 is 10.1 Å². The van der Waals surface area contributed by atoms with Crippen molar-refractivity contribution in [1.82, 2.24) is 4.98 Å². The van der Waals surface area contributed by atoms with Gasteiger partial charge in [-0.05, 0) is 18.2 Å². The van der Waals surface area contributed by atoms with Crippen LogP contribution in [0.2, 0.25) is 0 Å². The summed E-state index contributed by atoms with van der Waals surface area (Å²) >= 11 is 17.6. The second-order valence-corrected chi connectivity index (χ2v) is 6.62. The number of alkyl halides is 3. The first-order valence-electron chi connectivity index (χ1n) is 4.73. The molecule has 1 aromatic heterocycles. The van der Waals surface area contributed by atoms with Gasteiger partial charge in [0, 0.05) is 0 Å². The summed E-state index contributed by atoms with van der Waals surface area (Å²) in [5.74, 6) is -0.0241. The molecule has 0 aliphatic carbocycles. The maximum Gasteiger partial charge on any atom is 0.278 e. The number of ether oxygens (including phenoxy) is 1. The number of aromatic nitrogens is 1. The Labute approximate surface area is 122 Å². The van der Waals surface area contributed by atoms with E-state index in [1.807, 2.05) is 6.07 Å². The maximum atomic E-state index is 11.5. The molecule has 96 valence electrons. The Balaban J connectivity index is 2.28. The minimum Gasteiger partial charge on any atom is -0.497 e. The highest BCUT2D eigenvalue weighted by molar-refractivity contribution is 7.22. The summed E-state index contributed by atoms with van der Waals surface area (Å²) in [4.78, 5) is 15.7. The lowest BCUT2D eigenvalue weighted by atomic mass is 10.3. The molecule has 0 saturated carbocycles. The summed E-state index contributed by atoms with van der Waals surface area (Å²) in [6.07, 6.45) is 0. The molecule has 18 heavy (non-hydrogen) atoms. The number of amides is 1. The Hall–Kier alpha value is -0.750. The van der Waals surface area contributed by atoms with Gasteiger partial charge in [0.15, 0.2) is 5.13 Å². The quantitative estimate of drug-likeness (QED) is 0.858. The zero-order valence-corrected chi connectivity index (χ0v) is 12.1.